The number of carbonyl (C=O) groups is 1. The van der Waals surface area contributed by atoms with Gasteiger partial charge < -0.3 is 5.32 Å². The fraction of sp³-hybridized carbons (Fsp3) is 0.133. The summed E-state index contributed by atoms with van der Waals surface area (Å²) in [4.78, 5) is 22.4. The number of non-ortho nitro benzene ring substituents is 1. The Labute approximate surface area is 116 Å². The van der Waals surface area contributed by atoms with E-state index in [1.165, 1.54) is 18.2 Å². The van der Waals surface area contributed by atoms with Crippen molar-refractivity contribution in [3.8, 4) is 0 Å². The first-order chi connectivity index (χ1) is 9.47. The van der Waals surface area contributed by atoms with Crippen molar-refractivity contribution in [2.75, 3.05) is 5.32 Å². The maximum absolute atomic E-state index is 12.2. The minimum atomic E-state index is -0.492. The summed E-state index contributed by atoms with van der Waals surface area (Å²) in [5.41, 5.74) is 2.77. The Morgan fingerprint density at radius 3 is 2.60 bits per heavy atom. The molecule has 2 aromatic carbocycles. The lowest BCUT2D eigenvalue weighted by molar-refractivity contribution is -0.384. The third-order valence-corrected chi connectivity index (χ3v) is 2.95. The van der Waals surface area contributed by atoms with Gasteiger partial charge in [-0.25, -0.2) is 0 Å². The van der Waals surface area contributed by atoms with Gasteiger partial charge in [0.2, 0.25) is 0 Å². The van der Waals surface area contributed by atoms with Gasteiger partial charge in [-0.3, -0.25) is 14.9 Å². The van der Waals surface area contributed by atoms with Crippen LogP contribution in [0, 0.1) is 24.0 Å². The van der Waals surface area contributed by atoms with E-state index in [4.69, 9.17) is 0 Å². The highest BCUT2D eigenvalue weighted by atomic mass is 16.6. The van der Waals surface area contributed by atoms with Crippen LogP contribution in [0.4, 0.5) is 11.4 Å². The van der Waals surface area contributed by atoms with Gasteiger partial charge in [-0.05, 0) is 31.5 Å². The van der Waals surface area contributed by atoms with Crippen LogP contribution < -0.4 is 5.32 Å². The molecule has 20 heavy (non-hydrogen) atoms. The third kappa shape index (κ3) is 3.00. The molecule has 1 amide bonds. The van der Waals surface area contributed by atoms with E-state index in [-0.39, 0.29) is 11.6 Å². The maximum atomic E-state index is 12.2. The molecule has 2 rings (SSSR count). The van der Waals surface area contributed by atoms with E-state index in [1.807, 2.05) is 26.0 Å². The lowest BCUT2D eigenvalue weighted by Crippen LogP contribution is -2.13. The molecule has 0 unspecified atom stereocenters. The first-order valence-corrected chi connectivity index (χ1v) is 6.10. The molecule has 2 aromatic rings. The molecule has 0 saturated heterocycles. The van der Waals surface area contributed by atoms with Crippen molar-refractivity contribution in [1.82, 2.24) is 0 Å². The summed E-state index contributed by atoms with van der Waals surface area (Å²) in [7, 11) is 0. The summed E-state index contributed by atoms with van der Waals surface area (Å²) in [6, 6.07) is 11.5. The van der Waals surface area contributed by atoms with Crippen molar-refractivity contribution in [3.05, 3.63) is 69.3 Å². The minimum absolute atomic E-state index is 0.0521. The van der Waals surface area contributed by atoms with E-state index in [1.54, 1.807) is 12.1 Å². The molecule has 0 fully saturated rings. The molecule has 0 saturated carbocycles. The summed E-state index contributed by atoms with van der Waals surface area (Å²) in [5.74, 6) is -0.272. The summed E-state index contributed by atoms with van der Waals surface area (Å²) in [5, 5.41) is 13.4. The number of carbonyl (C=O) groups excluding carboxylic acids is 1. The Balaban J connectivity index is 2.25. The van der Waals surface area contributed by atoms with Crippen LogP contribution in [0.5, 0.6) is 0 Å². The van der Waals surface area contributed by atoms with Crippen LogP contribution in [0.25, 0.3) is 0 Å². The van der Waals surface area contributed by atoms with Crippen molar-refractivity contribution >= 4 is 17.3 Å². The molecule has 0 heterocycles. The second-order valence-corrected chi connectivity index (χ2v) is 4.58. The van der Waals surface area contributed by atoms with Crippen LogP contribution in [0.2, 0.25) is 0 Å². The molecule has 0 aliphatic rings. The fourth-order valence-electron chi connectivity index (χ4n) is 1.88. The Morgan fingerprint density at radius 1 is 1.15 bits per heavy atom. The number of nitro groups is 1. The van der Waals surface area contributed by atoms with Gasteiger partial charge >= 0.3 is 0 Å². The number of aryl methyl sites for hydroxylation is 2. The standard InChI is InChI=1S/C15H14N2O3/c1-10-6-7-11(2)14(8-10)15(18)16-12-4-3-5-13(9-12)17(19)20/h3-9H,1-2H3,(H,16,18). The average Bonchev–Trinajstić information content (AvgIpc) is 2.41. The van der Waals surface area contributed by atoms with Crippen LogP contribution in [0.3, 0.4) is 0 Å². The summed E-state index contributed by atoms with van der Waals surface area (Å²) in [6.07, 6.45) is 0. The number of nitrogens with zero attached hydrogens (tertiary/aromatic N) is 1. The van der Waals surface area contributed by atoms with Gasteiger partial charge in [0.15, 0.2) is 0 Å². The van der Waals surface area contributed by atoms with Crippen LogP contribution >= 0.6 is 0 Å². The van der Waals surface area contributed by atoms with Crippen LogP contribution in [0.15, 0.2) is 42.5 Å². The molecule has 5 heteroatoms. The van der Waals surface area contributed by atoms with E-state index in [0.717, 1.165) is 11.1 Å². The zero-order valence-electron chi connectivity index (χ0n) is 11.2. The molecule has 5 nitrogen and oxygen atoms in total. The molecule has 0 aliphatic heterocycles. The molecule has 1 N–H and O–H groups in total. The van der Waals surface area contributed by atoms with Crippen LogP contribution in [-0.4, -0.2) is 10.8 Å². The summed E-state index contributed by atoms with van der Waals surface area (Å²) < 4.78 is 0. The molecule has 0 bridgehead atoms. The predicted molar refractivity (Wildman–Crippen MR) is 77.0 cm³/mol. The van der Waals surface area contributed by atoms with Gasteiger partial charge in [0.05, 0.1) is 4.92 Å². The highest BCUT2D eigenvalue weighted by Crippen LogP contribution is 2.19. The maximum Gasteiger partial charge on any atom is 0.271 e. The molecule has 0 spiro atoms. The SMILES string of the molecule is Cc1ccc(C)c(C(=O)Nc2cccc([N+](=O)[O-])c2)c1. The third-order valence-electron chi connectivity index (χ3n) is 2.95. The van der Waals surface area contributed by atoms with Gasteiger partial charge in [-0.15, -0.1) is 0 Å². The number of anilines is 1. The highest BCUT2D eigenvalue weighted by Gasteiger charge is 2.11. The molecule has 0 radical (unpaired) electrons. The lowest BCUT2D eigenvalue weighted by Gasteiger charge is -2.08. The van der Waals surface area contributed by atoms with Gasteiger partial charge in [0, 0.05) is 23.4 Å². The topological polar surface area (TPSA) is 72.2 Å². The van der Waals surface area contributed by atoms with Crippen molar-refractivity contribution in [1.29, 1.82) is 0 Å². The summed E-state index contributed by atoms with van der Waals surface area (Å²) >= 11 is 0. The number of nitro benzene ring substituents is 1. The number of nitrogens with one attached hydrogen (secondary N) is 1. The number of rotatable bonds is 3. The van der Waals surface area contributed by atoms with Gasteiger partial charge in [0.25, 0.3) is 11.6 Å². The molecule has 0 aromatic heterocycles. The normalized spacial score (nSPS) is 10.1. The highest BCUT2D eigenvalue weighted by molar-refractivity contribution is 6.05. The van der Waals surface area contributed by atoms with E-state index >= 15 is 0 Å². The molecular formula is C15H14N2O3. The lowest BCUT2D eigenvalue weighted by atomic mass is 10.1. The molecule has 0 aliphatic carbocycles. The van der Waals surface area contributed by atoms with Crippen LogP contribution in [0.1, 0.15) is 21.5 Å². The second-order valence-electron chi connectivity index (χ2n) is 4.58. The average molecular weight is 270 g/mol. The minimum Gasteiger partial charge on any atom is -0.322 e. The quantitative estimate of drug-likeness (QED) is 0.685. The fourth-order valence-corrected chi connectivity index (χ4v) is 1.88. The summed E-state index contributed by atoms with van der Waals surface area (Å²) in [6.45, 7) is 3.76. The molecule has 102 valence electrons. The van der Waals surface area contributed by atoms with Gasteiger partial charge in [0.1, 0.15) is 0 Å². The van der Waals surface area contributed by atoms with E-state index < -0.39 is 4.92 Å². The monoisotopic (exact) mass is 270 g/mol. The Bertz CT molecular complexity index is 681. The second kappa shape index (κ2) is 5.52. The van der Waals surface area contributed by atoms with E-state index in [2.05, 4.69) is 5.32 Å². The van der Waals surface area contributed by atoms with E-state index in [0.29, 0.717) is 11.3 Å². The molecule has 0 atom stereocenters. The Hall–Kier alpha value is -2.69. The molecular weight excluding hydrogens is 256 g/mol. The number of hydrogen-bond donors (Lipinski definition) is 1. The zero-order chi connectivity index (χ0) is 14.7. The smallest absolute Gasteiger partial charge is 0.271 e. The Kier molecular flexibility index (Phi) is 3.79. The van der Waals surface area contributed by atoms with Crippen molar-refractivity contribution in [2.45, 2.75) is 13.8 Å². The number of hydrogen-bond acceptors (Lipinski definition) is 3. The van der Waals surface area contributed by atoms with Gasteiger partial charge in [-0.2, -0.15) is 0 Å². The van der Waals surface area contributed by atoms with E-state index in [9.17, 15) is 14.9 Å². The Morgan fingerprint density at radius 2 is 1.90 bits per heavy atom. The number of amides is 1. The van der Waals surface area contributed by atoms with Crippen molar-refractivity contribution < 1.29 is 9.72 Å². The largest absolute Gasteiger partial charge is 0.322 e. The first kappa shape index (κ1) is 13.7. The predicted octanol–water partition coefficient (Wildman–Crippen LogP) is 3.46. The van der Waals surface area contributed by atoms with Crippen LogP contribution in [-0.2, 0) is 0 Å². The van der Waals surface area contributed by atoms with Crippen molar-refractivity contribution in [2.24, 2.45) is 0 Å². The van der Waals surface area contributed by atoms with Gasteiger partial charge in [-0.1, -0.05) is 23.8 Å². The number of benzene rings is 2. The zero-order valence-corrected chi connectivity index (χ0v) is 11.2. The van der Waals surface area contributed by atoms with Crippen molar-refractivity contribution in [3.63, 3.8) is 0 Å². The first-order valence-electron chi connectivity index (χ1n) is 6.10.